The Hall–Kier alpha value is -0.0800. The minimum Gasteiger partial charge on any atom is -0.374 e. The third kappa shape index (κ3) is 5.40. The van der Waals surface area contributed by atoms with Gasteiger partial charge in [-0.25, -0.2) is 0 Å². The third-order valence-corrected chi connectivity index (χ3v) is 9.68. The highest BCUT2D eigenvalue weighted by Crippen LogP contribution is 2.52. The molecule has 0 aromatic carbocycles. The number of fused-ring (bicyclic) bond motifs is 1. The molecule has 0 spiro atoms. The Kier molecular flexibility index (Phi) is 8.38. The van der Waals surface area contributed by atoms with Gasteiger partial charge in [-0.15, -0.1) is 0 Å². The second kappa shape index (κ2) is 11.0. The first-order valence-corrected chi connectivity index (χ1v) is 13.7. The van der Waals surface area contributed by atoms with Crippen LogP contribution >= 0.6 is 0 Å². The van der Waals surface area contributed by atoms with Gasteiger partial charge in [-0.3, -0.25) is 0 Å². The monoisotopic (exact) mass is 403 g/mol. The molecular formula is C27H49NO. The summed E-state index contributed by atoms with van der Waals surface area (Å²) in [5, 5.41) is 0. The third-order valence-electron chi connectivity index (χ3n) is 9.68. The normalized spacial score (nSPS) is 36.2. The van der Waals surface area contributed by atoms with E-state index in [4.69, 9.17) is 10.5 Å². The predicted molar refractivity (Wildman–Crippen MR) is 123 cm³/mol. The minimum atomic E-state index is 0.547. The lowest BCUT2D eigenvalue weighted by Gasteiger charge is -2.34. The van der Waals surface area contributed by atoms with Crippen molar-refractivity contribution in [2.45, 2.75) is 128 Å². The molecule has 0 saturated heterocycles. The maximum atomic E-state index is 6.91. The van der Waals surface area contributed by atoms with Crippen molar-refractivity contribution in [2.75, 3.05) is 6.54 Å². The Balaban J connectivity index is 1.31. The minimum absolute atomic E-state index is 0.547. The fourth-order valence-electron chi connectivity index (χ4n) is 8.15. The van der Waals surface area contributed by atoms with E-state index in [-0.39, 0.29) is 0 Å². The highest BCUT2D eigenvalue weighted by molar-refractivity contribution is 4.96. The molecule has 4 saturated carbocycles. The summed E-state index contributed by atoms with van der Waals surface area (Å²) in [6, 6.07) is 0. The average molecular weight is 404 g/mol. The summed E-state index contributed by atoms with van der Waals surface area (Å²) >= 11 is 0. The lowest BCUT2D eigenvalue weighted by molar-refractivity contribution is -0.0692. The summed E-state index contributed by atoms with van der Waals surface area (Å²) in [6.45, 7) is 3.26. The van der Waals surface area contributed by atoms with E-state index in [1.807, 2.05) is 0 Å². The molecule has 2 N–H and O–H groups in total. The highest BCUT2D eigenvalue weighted by atomic mass is 16.5. The first-order valence-electron chi connectivity index (χ1n) is 13.7. The summed E-state index contributed by atoms with van der Waals surface area (Å²) < 4.78 is 6.91. The SMILES string of the molecule is CCC(OC1CCC2C(CC(CCN)C3CCCCC3)CCC12)C1CCCCC1. The largest absolute Gasteiger partial charge is 0.374 e. The van der Waals surface area contributed by atoms with Crippen LogP contribution in [0.1, 0.15) is 116 Å². The van der Waals surface area contributed by atoms with Gasteiger partial charge in [-0.2, -0.15) is 0 Å². The van der Waals surface area contributed by atoms with Gasteiger partial charge >= 0.3 is 0 Å². The lowest BCUT2D eigenvalue weighted by atomic mass is 9.73. The van der Waals surface area contributed by atoms with Crippen LogP contribution in [0, 0.1) is 35.5 Å². The zero-order valence-electron chi connectivity index (χ0n) is 19.3. The Bertz CT molecular complexity index is 467. The van der Waals surface area contributed by atoms with E-state index < -0.39 is 0 Å². The average Bonchev–Trinajstić information content (AvgIpc) is 3.36. The van der Waals surface area contributed by atoms with Gasteiger partial charge in [0.15, 0.2) is 0 Å². The van der Waals surface area contributed by atoms with Gasteiger partial charge in [-0.1, -0.05) is 58.3 Å². The van der Waals surface area contributed by atoms with E-state index in [0.717, 1.165) is 42.1 Å². The van der Waals surface area contributed by atoms with Crippen molar-refractivity contribution < 1.29 is 4.74 Å². The van der Waals surface area contributed by atoms with E-state index in [2.05, 4.69) is 6.92 Å². The van der Waals surface area contributed by atoms with Crippen molar-refractivity contribution in [1.82, 2.24) is 0 Å². The van der Waals surface area contributed by atoms with Crippen LogP contribution in [0.2, 0.25) is 0 Å². The molecule has 0 aromatic heterocycles. The van der Waals surface area contributed by atoms with Crippen molar-refractivity contribution >= 4 is 0 Å². The van der Waals surface area contributed by atoms with Crippen molar-refractivity contribution in [3.8, 4) is 0 Å². The van der Waals surface area contributed by atoms with Crippen LogP contribution < -0.4 is 5.73 Å². The lowest BCUT2D eigenvalue weighted by Crippen LogP contribution is -2.32. The molecule has 29 heavy (non-hydrogen) atoms. The topological polar surface area (TPSA) is 35.2 Å². The van der Waals surface area contributed by atoms with Crippen LogP contribution in [-0.2, 0) is 4.74 Å². The molecule has 6 atom stereocenters. The molecule has 168 valence electrons. The number of nitrogens with two attached hydrogens (primary N) is 1. The van der Waals surface area contributed by atoms with E-state index in [1.165, 1.54) is 109 Å². The quantitative estimate of drug-likeness (QED) is 0.445. The molecule has 0 amide bonds. The van der Waals surface area contributed by atoms with Crippen molar-refractivity contribution in [1.29, 1.82) is 0 Å². The molecule has 4 fully saturated rings. The van der Waals surface area contributed by atoms with Crippen LogP contribution in [-0.4, -0.2) is 18.8 Å². The second-order valence-electron chi connectivity index (χ2n) is 11.2. The van der Waals surface area contributed by atoms with Gasteiger partial charge in [-0.05, 0) is 99.8 Å². The van der Waals surface area contributed by atoms with Crippen LogP contribution in [0.3, 0.4) is 0 Å². The van der Waals surface area contributed by atoms with Gasteiger partial charge < -0.3 is 10.5 Å². The smallest absolute Gasteiger partial charge is 0.0610 e. The first kappa shape index (κ1) is 22.1. The van der Waals surface area contributed by atoms with Crippen LogP contribution in [0.5, 0.6) is 0 Å². The Morgan fingerprint density at radius 2 is 1.41 bits per heavy atom. The van der Waals surface area contributed by atoms with Crippen LogP contribution in [0.25, 0.3) is 0 Å². The molecule has 0 aromatic rings. The standard InChI is InChI=1S/C27H49NO/c1-2-26(21-11-7-4-8-12-21)29-27-16-15-24-23(13-14-25(24)27)19-22(17-18-28)20-9-5-3-6-10-20/h20-27H,2-19,28H2,1H3. The van der Waals surface area contributed by atoms with Crippen molar-refractivity contribution in [2.24, 2.45) is 41.2 Å². The Morgan fingerprint density at radius 1 is 0.759 bits per heavy atom. The fraction of sp³-hybridized carbons (Fsp3) is 1.00. The van der Waals surface area contributed by atoms with Crippen molar-refractivity contribution in [3.63, 3.8) is 0 Å². The van der Waals surface area contributed by atoms with Gasteiger partial charge in [0.05, 0.1) is 12.2 Å². The summed E-state index contributed by atoms with van der Waals surface area (Å²) in [6.07, 6.45) is 25.4. The molecular weight excluding hydrogens is 354 g/mol. The zero-order valence-corrected chi connectivity index (χ0v) is 19.3. The second-order valence-corrected chi connectivity index (χ2v) is 11.2. The number of rotatable bonds is 9. The van der Waals surface area contributed by atoms with Gasteiger partial charge in [0.2, 0.25) is 0 Å². The number of hydrogen-bond donors (Lipinski definition) is 1. The molecule has 0 bridgehead atoms. The summed E-state index contributed by atoms with van der Waals surface area (Å²) in [5.74, 6) is 5.56. The Labute approximate surface area is 181 Å². The number of hydrogen-bond acceptors (Lipinski definition) is 2. The predicted octanol–water partition coefficient (Wildman–Crippen LogP) is 7.10. The van der Waals surface area contributed by atoms with Gasteiger partial charge in [0, 0.05) is 0 Å². The van der Waals surface area contributed by atoms with E-state index in [1.54, 1.807) is 0 Å². The molecule has 6 unspecified atom stereocenters. The molecule has 2 heteroatoms. The summed E-state index contributed by atoms with van der Waals surface area (Å²) in [7, 11) is 0. The first-order chi connectivity index (χ1) is 14.3. The van der Waals surface area contributed by atoms with E-state index in [9.17, 15) is 0 Å². The summed E-state index contributed by atoms with van der Waals surface area (Å²) in [4.78, 5) is 0. The van der Waals surface area contributed by atoms with Crippen molar-refractivity contribution in [3.05, 3.63) is 0 Å². The molecule has 0 aliphatic heterocycles. The fourth-order valence-corrected chi connectivity index (χ4v) is 8.15. The Morgan fingerprint density at radius 3 is 2.07 bits per heavy atom. The molecule has 4 rings (SSSR count). The van der Waals surface area contributed by atoms with Gasteiger partial charge in [0.25, 0.3) is 0 Å². The van der Waals surface area contributed by atoms with E-state index in [0.29, 0.717) is 12.2 Å². The molecule has 2 nitrogen and oxygen atoms in total. The molecule has 0 radical (unpaired) electrons. The molecule has 0 heterocycles. The van der Waals surface area contributed by atoms with Crippen LogP contribution in [0.15, 0.2) is 0 Å². The van der Waals surface area contributed by atoms with E-state index >= 15 is 0 Å². The molecule has 4 aliphatic carbocycles. The summed E-state index contributed by atoms with van der Waals surface area (Å²) in [5.41, 5.74) is 6.06. The molecule has 4 aliphatic rings. The highest BCUT2D eigenvalue weighted by Gasteiger charge is 2.47. The van der Waals surface area contributed by atoms with Gasteiger partial charge in [0.1, 0.15) is 0 Å². The number of ether oxygens (including phenoxy) is 1. The van der Waals surface area contributed by atoms with Crippen LogP contribution in [0.4, 0.5) is 0 Å². The zero-order chi connectivity index (χ0) is 20.1. The maximum Gasteiger partial charge on any atom is 0.0610 e. The maximum absolute atomic E-state index is 6.91.